The highest BCUT2D eigenvalue weighted by Gasteiger charge is 2.25. The van der Waals surface area contributed by atoms with E-state index in [9.17, 15) is 13.2 Å². The maximum Gasteiger partial charge on any atom is 0.255 e. The molecule has 24 heavy (non-hydrogen) atoms. The van der Waals surface area contributed by atoms with Gasteiger partial charge in [0.2, 0.25) is 10.0 Å². The van der Waals surface area contributed by atoms with Crippen molar-refractivity contribution in [3.8, 4) is 0 Å². The average Bonchev–Trinajstić information content (AvgIpc) is 2.84. The van der Waals surface area contributed by atoms with E-state index in [1.165, 1.54) is 10.6 Å². The zero-order valence-electron chi connectivity index (χ0n) is 13.9. The molecule has 1 amide bonds. The van der Waals surface area contributed by atoms with Crippen molar-refractivity contribution in [1.82, 2.24) is 10.2 Å². The van der Waals surface area contributed by atoms with Crippen LogP contribution in [0.2, 0.25) is 0 Å². The molecule has 1 aromatic heterocycles. The van der Waals surface area contributed by atoms with Crippen LogP contribution in [0.1, 0.15) is 33.7 Å². The van der Waals surface area contributed by atoms with Crippen molar-refractivity contribution in [3.63, 3.8) is 0 Å². The number of anilines is 2. The number of aromatic amines is 1. The van der Waals surface area contributed by atoms with E-state index in [1.807, 2.05) is 13.8 Å². The highest BCUT2D eigenvalue weighted by atomic mass is 32.2. The number of hydrogen-bond donors (Lipinski definition) is 2. The van der Waals surface area contributed by atoms with E-state index in [2.05, 4.69) is 15.5 Å². The summed E-state index contributed by atoms with van der Waals surface area (Å²) >= 11 is 0. The van der Waals surface area contributed by atoms with Gasteiger partial charge in [0, 0.05) is 12.1 Å². The number of H-pyrrole nitrogens is 1. The quantitative estimate of drug-likeness (QED) is 0.887. The first-order valence-electron chi connectivity index (χ1n) is 7.71. The predicted octanol–water partition coefficient (Wildman–Crippen LogP) is 1.99. The molecule has 0 aliphatic carbocycles. The SMILES string of the molecule is Cc1n[nH]c(C)c1NC(=O)c1ccc2c(c1)CCCN2S(C)(=O)=O. The number of benzene rings is 1. The minimum absolute atomic E-state index is 0.234. The maximum absolute atomic E-state index is 12.5. The summed E-state index contributed by atoms with van der Waals surface area (Å²) < 4.78 is 25.2. The largest absolute Gasteiger partial charge is 0.319 e. The summed E-state index contributed by atoms with van der Waals surface area (Å²) in [5.41, 5.74) is 4.24. The Hall–Kier alpha value is -2.35. The number of fused-ring (bicyclic) bond motifs is 1. The highest BCUT2D eigenvalue weighted by Crippen LogP contribution is 2.30. The Kier molecular flexibility index (Phi) is 4.08. The Morgan fingerprint density at radius 1 is 1.33 bits per heavy atom. The molecule has 0 fully saturated rings. The number of aryl methyl sites for hydroxylation is 3. The van der Waals surface area contributed by atoms with Crippen LogP contribution in [-0.4, -0.2) is 37.3 Å². The lowest BCUT2D eigenvalue weighted by molar-refractivity contribution is 0.102. The molecular weight excluding hydrogens is 328 g/mol. The molecule has 1 aliphatic rings. The van der Waals surface area contributed by atoms with Gasteiger partial charge >= 0.3 is 0 Å². The minimum Gasteiger partial charge on any atom is -0.319 e. The second-order valence-electron chi connectivity index (χ2n) is 6.05. The molecular formula is C16H20N4O3S. The molecule has 0 saturated carbocycles. The third-order valence-corrected chi connectivity index (χ3v) is 5.36. The van der Waals surface area contributed by atoms with Gasteiger partial charge in [0.05, 0.1) is 29.0 Å². The number of carbonyl (C=O) groups is 1. The fourth-order valence-corrected chi connectivity index (χ4v) is 3.97. The van der Waals surface area contributed by atoms with Crippen molar-refractivity contribution in [1.29, 1.82) is 0 Å². The molecule has 2 N–H and O–H groups in total. The van der Waals surface area contributed by atoms with E-state index in [0.29, 0.717) is 23.5 Å². The van der Waals surface area contributed by atoms with Crippen molar-refractivity contribution in [2.24, 2.45) is 0 Å². The second kappa shape index (κ2) is 5.94. The van der Waals surface area contributed by atoms with Crippen LogP contribution < -0.4 is 9.62 Å². The van der Waals surface area contributed by atoms with Gasteiger partial charge in [0.1, 0.15) is 0 Å². The molecule has 2 aromatic rings. The molecule has 0 atom stereocenters. The molecule has 8 heteroatoms. The Labute approximate surface area is 141 Å². The van der Waals surface area contributed by atoms with Crippen LogP contribution in [0.15, 0.2) is 18.2 Å². The van der Waals surface area contributed by atoms with Gasteiger partial charge in [-0.15, -0.1) is 0 Å². The fourth-order valence-electron chi connectivity index (χ4n) is 2.97. The summed E-state index contributed by atoms with van der Waals surface area (Å²) in [4.78, 5) is 12.5. The van der Waals surface area contributed by atoms with E-state index < -0.39 is 10.0 Å². The van der Waals surface area contributed by atoms with Crippen LogP contribution in [-0.2, 0) is 16.4 Å². The van der Waals surface area contributed by atoms with Gasteiger partial charge in [-0.3, -0.25) is 14.2 Å². The number of hydrogen-bond acceptors (Lipinski definition) is 4. The Morgan fingerprint density at radius 2 is 2.08 bits per heavy atom. The van der Waals surface area contributed by atoms with E-state index in [1.54, 1.807) is 18.2 Å². The molecule has 0 bridgehead atoms. The summed E-state index contributed by atoms with van der Waals surface area (Å²) in [5.74, 6) is -0.234. The molecule has 3 rings (SSSR count). The van der Waals surface area contributed by atoms with Gasteiger partial charge in [0.15, 0.2) is 0 Å². The zero-order valence-corrected chi connectivity index (χ0v) is 14.7. The van der Waals surface area contributed by atoms with Gasteiger partial charge in [-0.2, -0.15) is 5.10 Å². The average molecular weight is 348 g/mol. The van der Waals surface area contributed by atoms with Crippen LogP contribution in [0.5, 0.6) is 0 Å². The van der Waals surface area contributed by atoms with E-state index in [0.717, 1.165) is 29.8 Å². The number of amides is 1. The van der Waals surface area contributed by atoms with Crippen LogP contribution >= 0.6 is 0 Å². The van der Waals surface area contributed by atoms with Gasteiger partial charge < -0.3 is 5.32 Å². The molecule has 128 valence electrons. The van der Waals surface area contributed by atoms with E-state index in [-0.39, 0.29) is 5.91 Å². The number of carbonyl (C=O) groups excluding carboxylic acids is 1. The third-order valence-electron chi connectivity index (χ3n) is 4.18. The molecule has 2 heterocycles. The van der Waals surface area contributed by atoms with E-state index >= 15 is 0 Å². The van der Waals surface area contributed by atoms with Crippen LogP contribution in [0.3, 0.4) is 0 Å². The summed E-state index contributed by atoms with van der Waals surface area (Å²) in [5, 5.41) is 9.74. The Morgan fingerprint density at radius 3 is 2.71 bits per heavy atom. The standard InChI is InChI=1S/C16H20N4O3S/c1-10-15(11(2)19-18-10)17-16(21)13-6-7-14-12(9-13)5-4-8-20(14)24(3,22)23/h6-7,9H,4-5,8H2,1-3H3,(H,17,21)(H,18,19). The number of rotatable bonds is 3. The van der Waals surface area contributed by atoms with Crippen LogP contribution in [0, 0.1) is 13.8 Å². The lowest BCUT2D eigenvalue weighted by atomic mass is 10.0. The summed E-state index contributed by atoms with van der Waals surface area (Å²) in [7, 11) is -3.30. The third kappa shape index (κ3) is 3.01. The number of nitrogens with zero attached hydrogens (tertiary/aromatic N) is 2. The van der Waals surface area contributed by atoms with Crippen molar-refractivity contribution in [3.05, 3.63) is 40.7 Å². The lowest BCUT2D eigenvalue weighted by Gasteiger charge is -2.29. The van der Waals surface area contributed by atoms with Crippen LogP contribution in [0.4, 0.5) is 11.4 Å². The Balaban J connectivity index is 1.90. The number of sulfonamides is 1. The smallest absolute Gasteiger partial charge is 0.255 e. The topological polar surface area (TPSA) is 95.2 Å². The monoisotopic (exact) mass is 348 g/mol. The van der Waals surface area contributed by atoms with Crippen molar-refractivity contribution < 1.29 is 13.2 Å². The van der Waals surface area contributed by atoms with Gasteiger partial charge in [-0.25, -0.2) is 8.42 Å². The lowest BCUT2D eigenvalue weighted by Crippen LogP contribution is -2.34. The maximum atomic E-state index is 12.5. The van der Waals surface area contributed by atoms with Crippen molar-refractivity contribution in [2.45, 2.75) is 26.7 Å². The molecule has 0 radical (unpaired) electrons. The number of aromatic nitrogens is 2. The minimum atomic E-state index is -3.30. The highest BCUT2D eigenvalue weighted by molar-refractivity contribution is 7.92. The molecule has 1 aromatic carbocycles. The number of nitrogens with one attached hydrogen (secondary N) is 2. The van der Waals surface area contributed by atoms with Crippen molar-refractivity contribution in [2.75, 3.05) is 22.4 Å². The van der Waals surface area contributed by atoms with Crippen LogP contribution in [0.25, 0.3) is 0 Å². The Bertz CT molecular complexity index is 883. The first-order valence-corrected chi connectivity index (χ1v) is 9.56. The second-order valence-corrected chi connectivity index (χ2v) is 7.95. The molecule has 1 aliphatic heterocycles. The predicted molar refractivity (Wildman–Crippen MR) is 93.0 cm³/mol. The van der Waals surface area contributed by atoms with Gasteiger partial charge in [-0.1, -0.05) is 0 Å². The summed E-state index contributed by atoms with van der Waals surface area (Å²) in [6, 6.07) is 5.13. The first-order chi connectivity index (χ1) is 11.3. The summed E-state index contributed by atoms with van der Waals surface area (Å²) in [6.45, 7) is 4.13. The zero-order chi connectivity index (χ0) is 17.5. The van der Waals surface area contributed by atoms with Gasteiger partial charge in [0.25, 0.3) is 5.91 Å². The van der Waals surface area contributed by atoms with Crippen molar-refractivity contribution >= 4 is 27.3 Å². The van der Waals surface area contributed by atoms with E-state index in [4.69, 9.17) is 0 Å². The molecule has 7 nitrogen and oxygen atoms in total. The van der Waals surface area contributed by atoms with Gasteiger partial charge in [-0.05, 0) is 50.5 Å². The molecule has 0 unspecified atom stereocenters. The summed E-state index contributed by atoms with van der Waals surface area (Å²) in [6.07, 6.45) is 2.70. The molecule has 0 spiro atoms. The first kappa shape index (κ1) is 16.5. The molecule has 0 saturated heterocycles. The normalized spacial score (nSPS) is 14.4. The fraction of sp³-hybridized carbons (Fsp3) is 0.375.